The molecule has 1 atom stereocenters. The normalized spacial score (nSPS) is 12.5. The fourth-order valence-corrected chi connectivity index (χ4v) is 2.51. The molecule has 1 unspecified atom stereocenters. The van der Waals surface area contributed by atoms with E-state index in [9.17, 15) is 8.78 Å². The topological polar surface area (TPSA) is 26.0 Å². The van der Waals surface area contributed by atoms with Crippen LogP contribution < -0.4 is 5.73 Å². The van der Waals surface area contributed by atoms with Crippen LogP contribution in [0, 0.1) is 11.6 Å². The highest BCUT2D eigenvalue weighted by atomic mass is 79.9. The molecule has 19 heavy (non-hydrogen) atoms. The minimum Gasteiger partial charge on any atom is -0.324 e. The Hall–Kier alpha value is -0.780. The van der Waals surface area contributed by atoms with Crippen LogP contribution in [0.1, 0.15) is 17.2 Å². The van der Waals surface area contributed by atoms with Gasteiger partial charge in [0.15, 0.2) is 0 Å². The van der Waals surface area contributed by atoms with Crippen LogP contribution in [0.25, 0.3) is 0 Å². The molecule has 0 bridgehead atoms. The number of hydrogen-bond acceptors (Lipinski definition) is 1. The summed E-state index contributed by atoms with van der Waals surface area (Å²) in [7, 11) is 0. The number of nitrogens with two attached hydrogens (primary N) is 1. The molecule has 0 aliphatic rings. The molecule has 0 saturated heterocycles. The van der Waals surface area contributed by atoms with Crippen LogP contribution in [0.4, 0.5) is 8.78 Å². The molecule has 0 radical (unpaired) electrons. The molecule has 2 N–H and O–H groups in total. The van der Waals surface area contributed by atoms with Gasteiger partial charge in [0.2, 0.25) is 0 Å². The second kappa shape index (κ2) is 6.11. The molecule has 2 aromatic carbocycles. The van der Waals surface area contributed by atoms with E-state index >= 15 is 0 Å². The Morgan fingerprint density at radius 2 is 1.74 bits per heavy atom. The van der Waals surface area contributed by atoms with E-state index in [0.29, 0.717) is 20.9 Å². The summed E-state index contributed by atoms with van der Waals surface area (Å²) in [6.45, 7) is 0. The molecular formula is C14H11Br2F2N. The van der Waals surface area contributed by atoms with Crippen LogP contribution in [0.3, 0.4) is 0 Å². The number of benzene rings is 2. The molecule has 0 aliphatic carbocycles. The number of hydrogen-bond donors (Lipinski definition) is 1. The van der Waals surface area contributed by atoms with Gasteiger partial charge in [-0.3, -0.25) is 0 Å². The molecular weight excluding hydrogens is 380 g/mol. The third-order valence-corrected chi connectivity index (χ3v) is 3.93. The van der Waals surface area contributed by atoms with Gasteiger partial charge in [-0.1, -0.05) is 28.1 Å². The van der Waals surface area contributed by atoms with Crippen molar-refractivity contribution in [2.75, 3.05) is 0 Å². The zero-order chi connectivity index (χ0) is 14.0. The van der Waals surface area contributed by atoms with Crippen LogP contribution in [-0.4, -0.2) is 0 Å². The number of halogens is 4. The van der Waals surface area contributed by atoms with E-state index < -0.39 is 0 Å². The molecule has 100 valence electrons. The van der Waals surface area contributed by atoms with Gasteiger partial charge in [-0.05, 0) is 57.7 Å². The van der Waals surface area contributed by atoms with Crippen LogP contribution >= 0.6 is 31.9 Å². The Balaban J connectivity index is 2.20. The summed E-state index contributed by atoms with van der Waals surface area (Å²) in [5.41, 5.74) is 7.33. The van der Waals surface area contributed by atoms with E-state index in [1.165, 1.54) is 12.1 Å². The molecule has 2 rings (SSSR count). The molecule has 2 aromatic rings. The monoisotopic (exact) mass is 389 g/mol. The van der Waals surface area contributed by atoms with E-state index in [2.05, 4.69) is 31.9 Å². The molecule has 0 saturated carbocycles. The Kier molecular flexibility index (Phi) is 4.71. The third-order valence-electron chi connectivity index (χ3n) is 2.83. The van der Waals surface area contributed by atoms with Crippen LogP contribution in [0.15, 0.2) is 45.3 Å². The maximum atomic E-state index is 13.7. The van der Waals surface area contributed by atoms with Crippen molar-refractivity contribution in [3.8, 4) is 0 Å². The average Bonchev–Trinajstić information content (AvgIpc) is 2.36. The van der Waals surface area contributed by atoms with Crippen molar-refractivity contribution in [2.45, 2.75) is 12.5 Å². The average molecular weight is 391 g/mol. The first-order valence-corrected chi connectivity index (χ1v) is 7.20. The lowest BCUT2D eigenvalue weighted by atomic mass is 9.99. The Morgan fingerprint density at radius 1 is 1.00 bits per heavy atom. The lowest BCUT2D eigenvalue weighted by Gasteiger charge is -2.13. The predicted molar refractivity (Wildman–Crippen MR) is 78.8 cm³/mol. The van der Waals surface area contributed by atoms with Crippen LogP contribution in [0.5, 0.6) is 0 Å². The summed E-state index contributed by atoms with van der Waals surface area (Å²) in [6.07, 6.45) is 0.358. The standard InChI is InChI=1S/C14H11Br2F2N/c15-10-3-1-8(13(18)7-10)6-14(19)9-2-4-12(17)11(16)5-9/h1-5,7,14H,6,19H2. The smallest absolute Gasteiger partial charge is 0.137 e. The molecule has 0 heterocycles. The summed E-state index contributed by atoms with van der Waals surface area (Å²) in [5, 5.41) is 0. The Bertz CT molecular complexity index is 602. The summed E-state index contributed by atoms with van der Waals surface area (Å²) in [4.78, 5) is 0. The maximum Gasteiger partial charge on any atom is 0.137 e. The lowest BCUT2D eigenvalue weighted by molar-refractivity contribution is 0.590. The zero-order valence-corrected chi connectivity index (χ0v) is 13.0. The highest BCUT2D eigenvalue weighted by Gasteiger charge is 2.12. The van der Waals surface area contributed by atoms with Gasteiger partial charge in [-0.2, -0.15) is 0 Å². The molecule has 0 amide bonds. The largest absolute Gasteiger partial charge is 0.324 e. The van der Waals surface area contributed by atoms with Gasteiger partial charge in [0.25, 0.3) is 0 Å². The molecule has 0 aliphatic heterocycles. The van der Waals surface area contributed by atoms with Crippen molar-refractivity contribution in [1.82, 2.24) is 0 Å². The van der Waals surface area contributed by atoms with Gasteiger partial charge in [-0.15, -0.1) is 0 Å². The molecule has 0 aromatic heterocycles. The van der Waals surface area contributed by atoms with Crippen molar-refractivity contribution < 1.29 is 8.78 Å². The molecule has 5 heteroatoms. The van der Waals surface area contributed by atoms with E-state index in [4.69, 9.17) is 5.73 Å². The van der Waals surface area contributed by atoms with Crippen molar-refractivity contribution in [3.63, 3.8) is 0 Å². The summed E-state index contributed by atoms with van der Waals surface area (Å²) >= 11 is 6.32. The summed E-state index contributed by atoms with van der Waals surface area (Å²) < 4.78 is 27.9. The minimum absolute atomic E-state index is 0.300. The first kappa shape index (κ1) is 14.6. The van der Waals surface area contributed by atoms with Crippen molar-refractivity contribution >= 4 is 31.9 Å². The van der Waals surface area contributed by atoms with Gasteiger partial charge < -0.3 is 5.73 Å². The van der Waals surface area contributed by atoms with Gasteiger partial charge >= 0.3 is 0 Å². The number of rotatable bonds is 3. The quantitative estimate of drug-likeness (QED) is 0.805. The predicted octanol–water partition coefficient (Wildman–Crippen LogP) is 4.73. The highest BCUT2D eigenvalue weighted by Crippen LogP contribution is 2.24. The first-order valence-electron chi connectivity index (χ1n) is 5.62. The third kappa shape index (κ3) is 3.61. The van der Waals surface area contributed by atoms with Crippen LogP contribution in [-0.2, 0) is 6.42 Å². The summed E-state index contributed by atoms with van der Waals surface area (Å²) in [5.74, 6) is -0.642. The first-order chi connectivity index (χ1) is 8.97. The lowest BCUT2D eigenvalue weighted by Crippen LogP contribution is -2.14. The summed E-state index contributed by atoms with van der Waals surface area (Å²) in [6, 6.07) is 9.06. The van der Waals surface area contributed by atoms with Gasteiger partial charge in [0, 0.05) is 10.5 Å². The van der Waals surface area contributed by atoms with E-state index in [0.717, 1.165) is 5.56 Å². The molecule has 1 nitrogen and oxygen atoms in total. The SMILES string of the molecule is NC(Cc1ccc(Br)cc1F)c1ccc(F)c(Br)c1. The maximum absolute atomic E-state index is 13.7. The van der Waals surface area contributed by atoms with E-state index in [1.807, 2.05) is 0 Å². The fraction of sp³-hybridized carbons (Fsp3) is 0.143. The second-order valence-corrected chi connectivity index (χ2v) is 5.99. The van der Waals surface area contributed by atoms with Gasteiger partial charge in [0.1, 0.15) is 11.6 Å². The molecule has 0 spiro atoms. The molecule has 0 fully saturated rings. The van der Waals surface area contributed by atoms with E-state index in [1.54, 1.807) is 24.3 Å². The van der Waals surface area contributed by atoms with Crippen LogP contribution in [0.2, 0.25) is 0 Å². The minimum atomic E-state index is -0.382. The fourth-order valence-electron chi connectivity index (χ4n) is 1.79. The van der Waals surface area contributed by atoms with Crippen molar-refractivity contribution in [3.05, 3.63) is 68.1 Å². The second-order valence-electron chi connectivity index (χ2n) is 4.22. The van der Waals surface area contributed by atoms with E-state index in [-0.39, 0.29) is 17.7 Å². The Labute approximate surface area is 127 Å². The Morgan fingerprint density at radius 3 is 2.37 bits per heavy atom. The van der Waals surface area contributed by atoms with Crippen molar-refractivity contribution in [1.29, 1.82) is 0 Å². The van der Waals surface area contributed by atoms with Crippen molar-refractivity contribution in [2.24, 2.45) is 5.73 Å². The zero-order valence-electron chi connectivity index (χ0n) is 9.84. The van der Waals surface area contributed by atoms with Gasteiger partial charge in [-0.25, -0.2) is 8.78 Å². The van der Waals surface area contributed by atoms with Gasteiger partial charge in [0.05, 0.1) is 4.47 Å². The highest BCUT2D eigenvalue weighted by molar-refractivity contribution is 9.10.